The molecule has 1 fully saturated rings. The number of benzene rings is 1. The van der Waals surface area contributed by atoms with Gasteiger partial charge in [-0.2, -0.15) is 0 Å². The molecule has 126 valence electrons. The van der Waals surface area contributed by atoms with Crippen LogP contribution in [0.25, 0.3) is 0 Å². The van der Waals surface area contributed by atoms with E-state index >= 15 is 0 Å². The number of hydrogen-bond donors (Lipinski definition) is 1. The molecule has 1 aromatic heterocycles. The van der Waals surface area contributed by atoms with Crippen molar-refractivity contribution in [2.75, 3.05) is 49.2 Å². The van der Waals surface area contributed by atoms with Gasteiger partial charge in [0.2, 0.25) is 11.9 Å². The predicted octanol–water partition coefficient (Wildman–Crippen LogP) is 1.96. The largest absolute Gasteiger partial charge is 0.338 e. The Morgan fingerprint density at radius 1 is 1.12 bits per heavy atom. The van der Waals surface area contributed by atoms with E-state index in [1.807, 2.05) is 36.6 Å². The Kier molecular flexibility index (Phi) is 5.66. The van der Waals surface area contributed by atoms with E-state index in [2.05, 4.69) is 25.1 Å². The molecule has 1 aromatic carbocycles. The topological polar surface area (TPSA) is 61.4 Å². The summed E-state index contributed by atoms with van der Waals surface area (Å²) in [5.74, 6) is 0.788. The molecule has 3 rings (SSSR count). The molecule has 6 nitrogen and oxygen atoms in total. The van der Waals surface area contributed by atoms with Gasteiger partial charge in [-0.25, -0.2) is 9.97 Å². The van der Waals surface area contributed by atoms with Crippen molar-refractivity contribution < 1.29 is 4.79 Å². The molecule has 1 amide bonds. The van der Waals surface area contributed by atoms with Gasteiger partial charge in [0, 0.05) is 43.5 Å². The Balaban J connectivity index is 1.50. The van der Waals surface area contributed by atoms with Crippen LogP contribution in [0.2, 0.25) is 0 Å². The first-order valence-corrected chi connectivity index (χ1v) is 9.16. The van der Waals surface area contributed by atoms with Gasteiger partial charge in [-0.1, -0.05) is 12.1 Å². The molecule has 1 aliphatic heterocycles. The maximum Gasteiger partial charge on any atom is 0.238 e. The second-order valence-corrected chi connectivity index (χ2v) is 6.41. The Labute approximate surface area is 146 Å². The molecule has 0 bridgehead atoms. The molecule has 0 atom stereocenters. The van der Waals surface area contributed by atoms with Crippen molar-refractivity contribution in [3.05, 3.63) is 42.7 Å². The van der Waals surface area contributed by atoms with Crippen molar-refractivity contribution in [2.24, 2.45) is 0 Å². The highest BCUT2D eigenvalue weighted by Crippen LogP contribution is 2.24. The zero-order valence-corrected chi connectivity index (χ0v) is 14.5. The van der Waals surface area contributed by atoms with Gasteiger partial charge < -0.3 is 10.2 Å². The summed E-state index contributed by atoms with van der Waals surface area (Å²) in [6.07, 6.45) is 5.52. The molecule has 2 heterocycles. The summed E-state index contributed by atoms with van der Waals surface area (Å²) < 4.78 is 0. The van der Waals surface area contributed by atoms with Crippen LogP contribution < -0.4 is 10.2 Å². The van der Waals surface area contributed by atoms with Gasteiger partial charge in [0.25, 0.3) is 0 Å². The number of hydrogen-bond acceptors (Lipinski definition) is 6. The van der Waals surface area contributed by atoms with E-state index in [0.29, 0.717) is 6.54 Å². The monoisotopic (exact) mass is 343 g/mol. The van der Waals surface area contributed by atoms with Gasteiger partial charge in [0.15, 0.2) is 0 Å². The minimum absolute atomic E-state index is 0.0286. The zero-order valence-electron chi connectivity index (χ0n) is 13.7. The van der Waals surface area contributed by atoms with Crippen molar-refractivity contribution in [2.45, 2.75) is 4.90 Å². The van der Waals surface area contributed by atoms with Crippen LogP contribution in [-0.4, -0.2) is 59.8 Å². The van der Waals surface area contributed by atoms with E-state index in [4.69, 9.17) is 0 Å². The number of thioether (sulfide) groups is 1. The van der Waals surface area contributed by atoms with Crippen molar-refractivity contribution in [1.82, 2.24) is 14.9 Å². The minimum atomic E-state index is 0.0286. The molecule has 0 spiro atoms. The van der Waals surface area contributed by atoms with Crippen LogP contribution in [0.1, 0.15) is 0 Å². The zero-order chi connectivity index (χ0) is 16.8. The number of rotatable bonds is 5. The summed E-state index contributed by atoms with van der Waals surface area (Å²) in [7, 11) is 0. The van der Waals surface area contributed by atoms with Crippen LogP contribution in [-0.2, 0) is 4.79 Å². The first kappa shape index (κ1) is 16.7. The van der Waals surface area contributed by atoms with Gasteiger partial charge >= 0.3 is 0 Å². The van der Waals surface area contributed by atoms with Crippen LogP contribution in [0.3, 0.4) is 0 Å². The summed E-state index contributed by atoms with van der Waals surface area (Å²) in [6.45, 7) is 3.73. The molecule has 7 heteroatoms. The lowest BCUT2D eigenvalue weighted by Crippen LogP contribution is -2.49. The average molecular weight is 343 g/mol. The molecule has 1 N–H and O–H groups in total. The molecular formula is C17H21N5OS. The number of aromatic nitrogens is 2. The van der Waals surface area contributed by atoms with E-state index in [1.165, 1.54) is 0 Å². The lowest BCUT2D eigenvalue weighted by molar-refractivity contribution is -0.117. The number of nitrogens with zero attached hydrogens (tertiary/aromatic N) is 4. The number of anilines is 2. The Hall–Kier alpha value is -2.12. The van der Waals surface area contributed by atoms with Crippen molar-refractivity contribution >= 4 is 29.3 Å². The smallest absolute Gasteiger partial charge is 0.238 e. The number of para-hydroxylation sites is 1. The van der Waals surface area contributed by atoms with Crippen LogP contribution in [0.4, 0.5) is 11.6 Å². The third-order valence-electron chi connectivity index (χ3n) is 3.96. The minimum Gasteiger partial charge on any atom is -0.338 e. The van der Waals surface area contributed by atoms with Crippen molar-refractivity contribution in [1.29, 1.82) is 0 Å². The van der Waals surface area contributed by atoms with Crippen molar-refractivity contribution in [3.8, 4) is 0 Å². The number of nitrogens with one attached hydrogen (secondary N) is 1. The highest BCUT2D eigenvalue weighted by atomic mass is 32.2. The molecule has 0 saturated carbocycles. The van der Waals surface area contributed by atoms with Crippen LogP contribution in [0.5, 0.6) is 0 Å². The first-order valence-electron chi connectivity index (χ1n) is 7.93. The predicted molar refractivity (Wildman–Crippen MR) is 97.5 cm³/mol. The molecule has 24 heavy (non-hydrogen) atoms. The van der Waals surface area contributed by atoms with E-state index in [-0.39, 0.29) is 5.91 Å². The van der Waals surface area contributed by atoms with Gasteiger partial charge in [0.1, 0.15) is 0 Å². The fourth-order valence-corrected chi connectivity index (χ4v) is 3.25. The van der Waals surface area contributed by atoms with E-state index < -0.39 is 0 Å². The number of carbonyl (C=O) groups excluding carboxylic acids is 1. The maximum absolute atomic E-state index is 12.3. The molecule has 0 aliphatic carbocycles. The fourth-order valence-electron chi connectivity index (χ4n) is 2.70. The highest BCUT2D eigenvalue weighted by molar-refractivity contribution is 7.98. The van der Waals surface area contributed by atoms with Crippen LogP contribution in [0.15, 0.2) is 47.6 Å². The van der Waals surface area contributed by atoms with Gasteiger partial charge in [-0.05, 0) is 24.5 Å². The number of carbonyl (C=O) groups is 1. The maximum atomic E-state index is 12.3. The molecule has 0 unspecified atom stereocenters. The van der Waals surface area contributed by atoms with E-state index in [9.17, 15) is 4.79 Å². The quantitative estimate of drug-likeness (QED) is 0.838. The van der Waals surface area contributed by atoms with Crippen LogP contribution in [0, 0.1) is 0 Å². The third kappa shape index (κ3) is 4.24. The summed E-state index contributed by atoms with van der Waals surface area (Å²) in [5, 5.41) is 3.01. The summed E-state index contributed by atoms with van der Waals surface area (Å²) in [5.41, 5.74) is 0.881. The van der Waals surface area contributed by atoms with Crippen molar-refractivity contribution in [3.63, 3.8) is 0 Å². The van der Waals surface area contributed by atoms with Gasteiger partial charge in [-0.15, -0.1) is 11.8 Å². The van der Waals surface area contributed by atoms with Gasteiger partial charge in [-0.3, -0.25) is 9.69 Å². The first-order chi connectivity index (χ1) is 11.8. The molecule has 1 saturated heterocycles. The molecule has 0 radical (unpaired) electrons. The highest BCUT2D eigenvalue weighted by Gasteiger charge is 2.20. The second-order valence-electron chi connectivity index (χ2n) is 5.56. The SMILES string of the molecule is CSc1ccccc1NC(=O)CN1CCN(c2ncccn2)CC1. The van der Waals surface area contributed by atoms with E-state index in [1.54, 1.807) is 24.2 Å². The molecular weight excluding hydrogens is 322 g/mol. The summed E-state index contributed by atoms with van der Waals surface area (Å²) in [4.78, 5) is 26.2. The molecule has 2 aromatic rings. The third-order valence-corrected chi connectivity index (χ3v) is 4.75. The number of amides is 1. The Morgan fingerprint density at radius 3 is 2.54 bits per heavy atom. The Morgan fingerprint density at radius 2 is 1.83 bits per heavy atom. The van der Waals surface area contributed by atoms with Crippen LogP contribution >= 0.6 is 11.8 Å². The fraction of sp³-hybridized carbons (Fsp3) is 0.353. The van der Waals surface area contributed by atoms with E-state index in [0.717, 1.165) is 42.7 Å². The molecule has 1 aliphatic rings. The average Bonchev–Trinajstić information content (AvgIpc) is 2.63. The summed E-state index contributed by atoms with van der Waals surface area (Å²) in [6, 6.07) is 9.68. The Bertz CT molecular complexity index is 674. The lowest BCUT2D eigenvalue weighted by atomic mass is 10.3. The standard InChI is InChI=1S/C17H21N5OS/c1-24-15-6-3-2-5-14(15)20-16(23)13-21-9-11-22(12-10-21)17-18-7-4-8-19-17/h2-8H,9-13H2,1H3,(H,20,23). The lowest BCUT2D eigenvalue weighted by Gasteiger charge is -2.34. The summed E-state index contributed by atoms with van der Waals surface area (Å²) >= 11 is 1.63. The number of piperazine rings is 1. The second kappa shape index (κ2) is 8.12. The van der Waals surface area contributed by atoms with Gasteiger partial charge in [0.05, 0.1) is 12.2 Å². The normalized spacial score (nSPS) is 15.3.